The van der Waals surface area contributed by atoms with Crippen LogP contribution in [0.4, 0.5) is 0 Å². The second kappa shape index (κ2) is 7.82. The first kappa shape index (κ1) is 15.6. The van der Waals surface area contributed by atoms with Gasteiger partial charge < -0.3 is 5.32 Å². The third-order valence-electron chi connectivity index (χ3n) is 4.53. The van der Waals surface area contributed by atoms with Gasteiger partial charge in [-0.15, -0.1) is 0 Å². The van der Waals surface area contributed by atoms with Crippen molar-refractivity contribution in [1.82, 2.24) is 15.1 Å². The molecule has 0 aromatic carbocycles. The third-order valence-corrected chi connectivity index (χ3v) is 4.53. The summed E-state index contributed by atoms with van der Waals surface area (Å²) in [4.78, 5) is 0. The Bertz CT molecular complexity index is 377. The maximum atomic E-state index is 4.42. The van der Waals surface area contributed by atoms with Crippen molar-refractivity contribution in [2.24, 2.45) is 17.8 Å². The number of aryl methyl sites for hydroxylation is 1. The number of nitrogens with one attached hydrogen (secondary N) is 1. The van der Waals surface area contributed by atoms with Gasteiger partial charge >= 0.3 is 0 Å². The fourth-order valence-corrected chi connectivity index (χ4v) is 3.38. The minimum Gasteiger partial charge on any atom is -0.316 e. The molecule has 2 rings (SSSR count). The van der Waals surface area contributed by atoms with E-state index >= 15 is 0 Å². The molecular weight excluding hydrogens is 246 g/mol. The van der Waals surface area contributed by atoms with Crippen LogP contribution in [0.2, 0.25) is 0 Å². The Labute approximate surface area is 124 Å². The van der Waals surface area contributed by atoms with Gasteiger partial charge in [0, 0.05) is 12.7 Å². The van der Waals surface area contributed by atoms with E-state index in [0.717, 1.165) is 30.8 Å². The van der Waals surface area contributed by atoms with Crippen LogP contribution >= 0.6 is 0 Å². The topological polar surface area (TPSA) is 29.9 Å². The van der Waals surface area contributed by atoms with Gasteiger partial charge in [0.1, 0.15) is 0 Å². The van der Waals surface area contributed by atoms with Crippen LogP contribution in [0.5, 0.6) is 0 Å². The molecule has 1 heterocycles. The number of nitrogens with zero attached hydrogens (tertiary/aromatic N) is 2. The summed E-state index contributed by atoms with van der Waals surface area (Å²) in [7, 11) is 0. The lowest BCUT2D eigenvalue weighted by molar-refractivity contribution is 0.316. The van der Waals surface area contributed by atoms with Crippen molar-refractivity contribution in [2.45, 2.75) is 59.4 Å². The van der Waals surface area contributed by atoms with Gasteiger partial charge in [-0.25, -0.2) is 0 Å². The zero-order chi connectivity index (χ0) is 14.4. The van der Waals surface area contributed by atoms with Crippen molar-refractivity contribution in [1.29, 1.82) is 0 Å². The molecule has 0 bridgehead atoms. The van der Waals surface area contributed by atoms with Crippen LogP contribution in [0.15, 0.2) is 12.4 Å². The average molecular weight is 277 g/mol. The highest BCUT2D eigenvalue weighted by Gasteiger charge is 2.25. The molecule has 3 nitrogen and oxygen atoms in total. The zero-order valence-electron chi connectivity index (χ0n) is 13.4. The molecule has 1 aliphatic rings. The second-order valence-electron chi connectivity index (χ2n) is 6.77. The Morgan fingerprint density at radius 2 is 2.05 bits per heavy atom. The van der Waals surface area contributed by atoms with Gasteiger partial charge in [-0.1, -0.05) is 39.5 Å². The molecule has 0 radical (unpaired) electrons. The Kier molecular flexibility index (Phi) is 6.08. The highest BCUT2D eigenvalue weighted by atomic mass is 15.3. The van der Waals surface area contributed by atoms with Crippen LogP contribution in [-0.4, -0.2) is 22.9 Å². The Morgan fingerprint density at radius 3 is 2.65 bits per heavy atom. The maximum absolute atomic E-state index is 4.42. The molecule has 20 heavy (non-hydrogen) atoms. The maximum Gasteiger partial charge on any atom is 0.0521 e. The summed E-state index contributed by atoms with van der Waals surface area (Å²) in [6.45, 7) is 9.98. The first-order valence-electron chi connectivity index (χ1n) is 8.41. The first-order chi connectivity index (χ1) is 9.69. The minimum absolute atomic E-state index is 0.738. The molecule has 1 unspecified atom stereocenters. The lowest BCUT2D eigenvalue weighted by atomic mass is 9.86. The summed E-state index contributed by atoms with van der Waals surface area (Å²) >= 11 is 0. The third kappa shape index (κ3) is 4.62. The Morgan fingerprint density at radius 1 is 1.30 bits per heavy atom. The SMILES string of the molecule is CCn1cc(CC(CNCC(C)C)C2CCCC2)cn1. The molecular formula is C17H31N3. The van der Waals surface area contributed by atoms with Gasteiger partial charge in [-0.3, -0.25) is 4.68 Å². The molecule has 1 aliphatic carbocycles. The summed E-state index contributed by atoms with van der Waals surface area (Å²) < 4.78 is 2.04. The van der Waals surface area contributed by atoms with E-state index in [4.69, 9.17) is 0 Å². The van der Waals surface area contributed by atoms with E-state index in [-0.39, 0.29) is 0 Å². The fraction of sp³-hybridized carbons (Fsp3) is 0.824. The highest BCUT2D eigenvalue weighted by molar-refractivity contribution is 5.06. The van der Waals surface area contributed by atoms with E-state index in [1.165, 1.54) is 44.2 Å². The molecule has 1 aromatic rings. The van der Waals surface area contributed by atoms with E-state index in [1.54, 1.807) is 0 Å². The van der Waals surface area contributed by atoms with E-state index in [2.05, 4.69) is 43.6 Å². The van der Waals surface area contributed by atoms with Crippen molar-refractivity contribution >= 4 is 0 Å². The molecule has 1 saturated carbocycles. The van der Waals surface area contributed by atoms with Gasteiger partial charge in [0.15, 0.2) is 0 Å². The monoisotopic (exact) mass is 277 g/mol. The summed E-state index contributed by atoms with van der Waals surface area (Å²) in [6.07, 6.45) is 11.2. The predicted octanol–water partition coefficient (Wildman–Crippen LogP) is 3.50. The normalized spacial score (nSPS) is 18.0. The Balaban J connectivity index is 1.90. The van der Waals surface area contributed by atoms with Crippen LogP contribution in [0.1, 0.15) is 52.0 Å². The minimum atomic E-state index is 0.738. The summed E-state index contributed by atoms with van der Waals surface area (Å²) in [6, 6.07) is 0. The van der Waals surface area contributed by atoms with Crippen LogP contribution in [-0.2, 0) is 13.0 Å². The van der Waals surface area contributed by atoms with Crippen LogP contribution in [0.3, 0.4) is 0 Å². The van der Waals surface area contributed by atoms with Crippen molar-refractivity contribution in [2.75, 3.05) is 13.1 Å². The molecule has 1 atom stereocenters. The van der Waals surface area contributed by atoms with Gasteiger partial charge in [0.05, 0.1) is 6.20 Å². The molecule has 114 valence electrons. The van der Waals surface area contributed by atoms with E-state index < -0.39 is 0 Å². The van der Waals surface area contributed by atoms with E-state index in [0.29, 0.717) is 0 Å². The molecule has 0 aliphatic heterocycles. The molecule has 1 aromatic heterocycles. The molecule has 1 fully saturated rings. The number of aromatic nitrogens is 2. The second-order valence-corrected chi connectivity index (χ2v) is 6.77. The van der Waals surface area contributed by atoms with Crippen LogP contribution in [0.25, 0.3) is 0 Å². The average Bonchev–Trinajstić information content (AvgIpc) is 3.08. The van der Waals surface area contributed by atoms with E-state index in [1.807, 2.05) is 4.68 Å². The highest BCUT2D eigenvalue weighted by Crippen LogP contribution is 2.33. The molecule has 3 heteroatoms. The van der Waals surface area contributed by atoms with Crippen LogP contribution < -0.4 is 5.32 Å². The van der Waals surface area contributed by atoms with Crippen LogP contribution in [0, 0.1) is 17.8 Å². The van der Waals surface area contributed by atoms with Crippen molar-refractivity contribution in [3.63, 3.8) is 0 Å². The van der Waals surface area contributed by atoms with Gasteiger partial charge in [0.25, 0.3) is 0 Å². The zero-order valence-corrected chi connectivity index (χ0v) is 13.4. The van der Waals surface area contributed by atoms with Gasteiger partial charge in [-0.2, -0.15) is 5.10 Å². The largest absolute Gasteiger partial charge is 0.316 e. The first-order valence-corrected chi connectivity index (χ1v) is 8.41. The number of hydrogen-bond donors (Lipinski definition) is 1. The smallest absolute Gasteiger partial charge is 0.0521 e. The molecule has 0 amide bonds. The number of hydrogen-bond acceptors (Lipinski definition) is 2. The quantitative estimate of drug-likeness (QED) is 0.788. The standard InChI is InChI=1S/C17H31N3/c1-4-20-13-15(11-19-20)9-17(12-18-10-14(2)3)16-7-5-6-8-16/h11,13-14,16-18H,4-10,12H2,1-3H3. The fourth-order valence-electron chi connectivity index (χ4n) is 3.38. The number of rotatable bonds is 8. The lowest BCUT2D eigenvalue weighted by Crippen LogP contribution is -2.31. The van der Waals surface area contributed by atoms with Crippen molar-refractivity contribution in [3.8, 4) is 0 Å². The van der Waals surface area contributed by atoms with Gasteiger partial charge in [-0.05, 0) is 49.8 Å². The lowest BCUT2D eigenvalue weighted by Gasteiger charge is -2.24. The Hall–Kier alpha value is -0.830. The predicted molar refractivity (Wildman–Crippen MR) is 84.8 cm³/mol. The molecule has 1 N–H and O–H groups in total. The summed E-state index contributed by atoms with van der Waals surface area (Å²) in [5, 5.41) is 8.09. The van der Waals surface area contributed by atoms with Crippen molar-refractivity contribution < 1.29 is 0 Å². The van der Waals surface area contributed by atoms with Gasteiger partial charge in [0.2, 0.25) is 0 Å². The summed E-state index contributed by atoms with van der Waals surface area (Å²) in [5.74, 6) is 2.44. The summed E-state index contributed by atoms with van der Waals surface area (Å²) in [5.41, 5.74) is 1.41. The molecule has 0 saturated heterocycles. The van der Waals surface area contributed by atoms with Crippen molar-refractivity contribution in [3.05, 3.63) is 18.0 Å². The molecule has 0 spiro atoms. The van der Waals surface area contributed by atoms with E-state index in [9.17, 15) is 0 Å².